The molecule has 1 atom stereocenters. The van der Waals surface area contributed by atoms with Gasteiger partial charge in [-0.25, -0.2) is 0 Å². The van der Waals surface area contributed by atoms with Crippen molar-refractivity contribution in [2.24, 2.45) is 5.92 Å². The quantitative estimate of drug-likeness (QED) is 0.795. The van der Waals surface area contributed by atoms with E-state index in [1.54, 1.807) is 11.8 Å². The molecule has 16 heavy (non-hydrogen) atoms. The fourth-order valence-corrected chi connectivity index (χ4v) is 2.79. The molecule has 0 bridgehead atoms. The minimum atomic E-state index is 0.480. The molecule has 1 aliphatic carbocycles. The first-order valence-corrected chi connectivity index (χ1v) is 7.31. The molecule has 1 saturated carbocycles. The summed E-state index contributed by atoms with van der Waals surface area (Å²) in [4.78, 5) is 1.34. The van der Waals surface area contributed by atoms with E-state index in [2.05, 4.69) is 49.7 Å². The van der Waals surface area contributed by atoms with E-state index in [1.807, 2.05) is 0 Å². The summed E-state index contributed by atoms with van der Waals surface area (Å²) in [6.45, 7) is 4.59. The molecule has 88 valence electrons. The average Bonchev–Trinajstić information content (AvgIpc) is 2.27. The van der Waals surface area contributed by atoms with Crippen LogP contribution in [0, 0.1) is 5.92 Å². The molecule has 1 unspecified atom stereocenters. The van der Waals surface area contributed by atoms with Gasteiger partial charge in [-0.1, -0.05) is 19.1 Å². The van der Waals surface area contributed by atoms with E-state index in [0.717, 1.165) is 12.0 Å². The van der Waals surface area contributed by atoms with Crippen LogP contribution in [-0.2, 0) is 0 Å². The van der Waals surface area contributed by atoms with Crippen molar-refractivity contribution in [3.05, 3.63) is 29.8 Å². The molecule has 0 amide bonds. The van der Waals surface area contributed by atoms with Gasteiger partial charge >= 0.3 is 0 Å². The van der Waals surface area contributed by atoms with Gasteiger partial charge in [0.05, 0.1) is 0 Å². The summed E-state index contributed by atoms with van der Waals surface area (Å²) in [7, 11) is 0. The molecule has 0 saturated heterocycles. The topological polar surface area (TPSA) is 12.0 Å². The minimum Gasteiger partial charge on any atom is -0.307 e. The van der Waals surface area contributed by atoms with Gasteiger partial charge < -0.3 is 5.32 Å². The predicted molar refractivity (Wildman–Crippen MR) is 72.0 cm³/mol. The molecule has 1 nitrogen and oxygen atoms in total. The molecule has 0 aliphatic heterocycles. The monoisotopic (exact) mass is 235 g/mol. The van der Waals surface area contributed by atoms with Crippen LogP contribution in [0.25, 0.3) is 0 Å². The normalized spacial score (nSPS) is 26.2. The highest BCUT2D eigenvalue weighted by molar-refractivity contribution is 7.98. The van der Waals surface area contributed by atoms with Crippen LogP contribution in [0.15, 0.2) is 29.2 Å². The first-order chi connectivity index (χ1) is 7.69. The minimum absolute atomic E-state index is 0.480. The summed E-state index contributed by atoms with van der Waals surface area (Å²) in [6, 6.07) is 10.1. The van der Waals surface area contributed by atoms with E-state index in [1.165, 1.54) is 23.3 Å². The lowest BCUT2D eigenvalue weighted by Gasteiger charge is -2.35. The van der Waals surface area contributed by atoms with Crippen LogP contribution >= 0.6 is 11.8 Å². The molecule has 1 fully saturated rings. The molecule has 2 heteroatoms. The Bertz CT molecular complexity index is 327. The van der Waals surface area contributed by atoms with Gasteiger partial charge in [0, 0.05) is 17.0 Å². The summed E-state index contributed by atoms with van der Waals surface area (Å²) in [5.41, 5.74) is 1.40. The standard InChI is InChI=1S/C14H21NS/c1-10-8-13(9-10)15-11(2)12-4-6-14(16-3)7-5-12/h4-7,10-11,13,15H,8-9H2,1-3H3. The maximum atomic E-state index is 3.69. The van der Waals surface area contributed by atoms with Crippen molar-refractivity contribution < 1.29 is 0 Å². The van der Waals surface area contributed by atoms with Crippen molar-refractivity contribution in [3.63, 3.8) is 0 Å². The maximum absolute atomic E-state index is 3.69. The van der Waals surface area contributed by atoms with Crippen LogP contribution < -0.4 is 5.32 Å². The van der Waals surface area contributed by atoms with E-state index >= 15 is 0 Å². The van der Waals surface area contributed by atoms with Crippen molar-refractivity contribution in [2.75, 3.05) is 6.26 Å². The van der Waals surface area contributed by atoms with Crippen molar-refractivity contribution in [1.29, 1.82) is 0 Å². The van der Waals surface area contributed by atoms with Crippen molar-refractivity contribution >= 4 is 11.8 Å². The molecule has 0 heterocycles. The van der Waals surface area contributed by atoms with E-state index in [0.29, 0.717) is 6.04 Å². The first kappa shape index (κ1) is 12.0. The smallest absolute Gasteiger partial charge is 0.0294 e. The Morgan fingerprint density at radius 3 is 2.38 bits per heavy atom. The Morgan fingerprint density at radius 2 is 1.88 bits per heavy atom. The van der Waals surface area contributed by atoms with Gasteiger partial charge in [-0.05, 0) is 49.6 Å². The lowest BCUT2D eigenvalue weighted by atomic mass is 9.81. The first-order valence-electron chi connectivity index (χ1n) is 6.09. The summed E-state index contributed by atoms with van der Waals surface area (Å²) in [6.07, 6.45) is 4.80. The third-order valence-corrected chi connectivity index (χ3v) is 4.22. The molecular weight excluding hydrogens is 214 g/mol. The van der Waals surface area contributed by atoms with Crippen molar-refractivity contribution in [1.82, 2.24) is 5.32 Å². The molecule has 2 rings (SSSR count). The highest BCUT2D eigenvalue weighted by Crippen LogP contribution is 2.29. The Balaban J connectivity index is 1.90. The van der Waals surface area contributed by atoms with Crippen LogP contribution in [0.4, 0.5) is 0 Å². The van der Waals surface area contributed by atoms with Crippen LogP contribution in [0.5, 0.6) is 0 Å². The second-order valence-corrected chi connectivity index (χ2v) is 5.81. The molecule has 1 N–H and O–H groups in total. The van der Waals surface area contributed by atoms with Crippen molar-refractivity contribution in [2.45, 2.75) is 43.7 Å². The Labute approximate surface area is 103 Å². The fourth-order valence-electron chi connectivity index (χ4n) is 2.38. The van der Waals surface area contributed by atoms with Gasteiger partial charge in [0.25, 0.3) is 0 Å². The Kier molecular flexibility index (Phi) is 3.93. The van der Waals surface area contributed by atoms with Crippen LogP contribution in [0.1, 0.15) is 38.3 Å². The zero-order valence-corrected chi connectivity index (χ0v) is 11.2. The van der Waals surface area contributed by atoms with Crippen LogP contribution in [0.3, 0.4) is 0 Å². The highest BCUT2D eigenvalue weighted by atomic mass is 32.2. The number of hydrogen-bond acceptors (Lipinski definition) is 2. The number of rotatable bonds is 4. The molecule has 1 aromatic carbocycles. The van der Waals surface area contributed by atoms with E-state index in [9.17, 15) is 0 Å². The largest absolute Gasteiger partial charge is 0.307 e. The Hall–Kier alpha value is -0.470. The average molecular weight is 235 g/mol. The van der Waals surface area contributed by atoms with Gasteiger partial charge in [-0.3, -0.25) is 0 Å². The SMILES string of the molecule is CSc1ccc(C(C)NC2CC(C)C2)cc1. The zero-order chi connectivity index (χ0) is 11.5. The van der Waals surface area contributed by atoms with Gasteiger partial charge in [-0.2, -0.15) is 0 Å². The third kappa shape index (κ3) is 2.80. The second-order valence-electron chi connectivity index (χ2n) is 4.94. The summed E-state index contributed by atoms with van der Waals surface area (Å²) < 4.78 is 0. The lowest BCUT2D eigenvalue weighted by Crippen LogP contribution is -2.41. The number of thioether (sulfide) groups is 1. The Morgan fingerprint density at radius 1 is 1.25 bits per heavy atom. The number of hydrogen-bond donors (Lipinski definition) is 1. The van der Waals surface area contributed by atoms with Gasteiger partial charge in [-0.15, -0.1) is 11.8 Å². The number of nitrogens with one attached hydrogen (secondary N) is 1. The summed E-state index contributed by atoms with van der Waals surface area (Å²) in [5, 5.41) is 3.69. The molecular formula is C14H21NS. The maximum Gasteiger partial charge on any atom is 0.0294 e. The van der Waals surface area contributed by atoms with Crippen molar-refractivity contribution in [3.8, 4) is 0 Å². The van der Waals surface area contributed by atoms with Gasteiger partial charge in [0.2, 0.25) is 0 Å². The van der Waals surface area contributed by atoms with Crippen LogP contribution in [-0.4, -0.2) is 12.3 Å². The summed E-state index contributed by atoms with van der Waals surface area (Å²) in [5.74, 6) is 0.920. The molecule has 1 aromatic rings. The van der Waals surface area contributed by atoms with E-state index in [-0.39, 0.29) is 0 Å². The second kappa shape index (κ2) is 5.24. The van der Waals surface area contributed by atoms with E-state index in [4.69, 9.17) is 0 Å². The molecule has 0 aromatic heterocycles. The molecule has 0 spiro atoms. The predicted octanol–water partition coefficient (Wildman–Crippen LogP) is 3.86. The zero-order valence-electron chi connectivity index (χ0n) is 10.4. The molecule has 1 aliphatic rings. The fraction of sp³-hybridized carbons (Fsp3) is 0.571. The highest BCUT2D eigenvalue weighted by Gasteiger charge is 2.26. The van der Waals surface area contributed by atoms with Gasteiger partial charge in [0.1, 0.15) is 0 Å². The van der Waals surface area contributed by atoms with Crippen LogP contribution in [0.2, 0.25) is 0 Å². The van der Waals surface area contributed by atoms with E-state index < -0.39 is 0 Å². The van der Waals surface area contributed by atoms with Gasteiger partial charge in [0.15, 0.2) is 0 Å². The lowest BCUT2D eigenvalue weighted by molar-refractivity contribution is 0.226. The third-order valence-electron chi connectivity index (χ3n) is 3.48. The number of benzene rings is 1. The summed E-state index contributed by atoms with van der Waals surface area (Å²) >= 11 is 1.80. The molecule has 0 radical (unpaired) electrons.